The van der Waals surface area contributed by atoms with Crippen LogP contribution in [0.25, 0.3) is 0 Å². The van der Waals surface area contributed by atoms with Crippen LogP contribution in [-0.4, -0.2) is 45.3 Å². The fourth-order valence-corrected chi connectivity index (χ4v) is 3.32. The van der Waals surface area contributed by atoms with E-state index in [-0.39, 0.29) is 0 Å². The molecule has 18 heavy (non-hydrogen) atoms. The summed E-state index contributed by atoms with van der Waals surface area (Å²) in [5, 5.41) is 11.8. The molecule has 0 aromatic carbocycles. The first kappa shape index (κ1) is 12.1. The van der Waals surface area contributed by atoms with Gasteiger partial charge >= 0.3 is 0 Å². The van der Waals surface area contributed by atoms with Crippen molar-refractivity contribution in [2.24, 2.45) is 7.05 Å². The summed E-state index contributed by atoms with van der Waals surface area (Å²) in [4.78, 5) is 2.69. The molecule has 0 amide bonds. The van der Waals surface area contributed by atoms with E-state index >= 15 is 0 Å². The van der Waals surface area contributed by atoms with Crippen molar-refractivity contribution in [1.82, 2.24) is 25.0 Å². The van der Waals surface area contributed by atoms with E-state index in [0.29, 0.717) is 6.04 Å². The fraction of sp³-hybridized carbons (Fsp3) is 0.846. The number of piperidine rings is 2. The van der Waals surface area contributed by atoms with Crippen LogP contribution in [-0.2, 0) is 7.05 Å². The second kappa shape index (κ2) is 5.36. The molecule has 2 aliphatic heterocycles. The molecule has 3 rings (SSSR count). The smallest absolute Gasteiger partial charge is 0.149 e. The molecule has 5 heteroatoms. The maximum absolute atomic E-state index is 4.25. The van der Waals surface area contributed by atoms with Gasteiger partial charge in [-0.05, 0) is 45.3 Å². The number of nitrogens with one attached hydrogen (secondary N) is 1. The third-order valence-electron chi connectivity index (χ3n) is 4.34. The summed E-state index contributed by atoms with van der Waals surface area (Å²) in [5.41, 5.74) is 0. The molecule has 2 fully saturated rings. The van der Waals surface area contributed by atoms with Gasteiger partial charge in [-0.1, -0.05) is 6.42 Å². The van der Waals surface area contributed by atoms with Crippen molar-refractivity contribution in [3.05, 3.63) is 12.2 Å². The minimum atomic E-state index is 0.373. The van der Waals surface area contributed by atoms with Crippen LogP contribution >= 0.6 is 0 Å². The predicted octanol–water partition coefficient (Wildman–Crippen LogP) is 1.09. The van der Waals surface area contributed by atoms with Gasteiger partial charge in [0.05, 0.1) is 6.04 Å². The summed E-state index contributed by atoms with van der Waals surface area (Å²) in [7, 11) is 2.03. The van der Waals surface area contributed by atoms with Gasteiger partial charge in [-0.2, -0.15) is 0 Å². The Morgan fingerprint density at radius 3 is 2.83 bits per heavy atom. The lowest BCUT2D eigenvalue weighted by Crippen LogP contribution is -2.46. The minimum Gasteiger partial charge on any atom is -0.319 e. The lowest BCUT2D eigenvalue weighted by molar-refractivity contribution is 0.118. The summed E-state index contributed by atoms with van der Waals surface area (Å²) < 4.78 is 2.04. The van der Waals surface area contributed by atoms with Gasteiger partial charge in [0.25, 0.3) is 0 Å². The number of aryl methyl sites for hydroxylation is 1. The van der Waals surface area contributed by atoms with Crippen molar-refractivity contribution in [3.63, 3.8) is 0 Å². The van der Waals surface area contributed by atoms with Crippen molar-refractivity contribution in [3.8, 4) is 0 Å². The highest BCUT2D eigenvalue weighted by Gasteiger charge is 2.29. The Morgan fingerprint density at radius 1 is 1.28 bits per heavy atom. The molecule has 5 nitrogen and oxygen atoms in total. The van der Waals surface area contributed by atoms with Crippen LogP contribution in [0.1, 0.15) is 44.0 Å². The number of hydrogen-bond acceptors (Lipinski definition) is 4. The van der Waals surface area contributed by atoms with Gasteiger partial charge < -0.3 is 14.8 Å². The maximum atomic E-state index is 4.25. The van der Waals surface area contributed by atoms with Gasteiger partial charge in [0.1, 0.15) is 12.2 Å². The highest BCUT2D eigenvalue weighted by Crippen LogP contribution is 2.26. The first-order valence-corrected chi connectivity index (χ1v) is 7.16. The van der Waals surface area contributed by atoms with E-state index in [1.807, 2.05) is 11.6 Å². The summed E-state index contributed by atoms with van der Waals surface area (Å²) in [6.07, 6.45) is 8.40. The largest absolute Gasteiger partial charge is 0.319 e. The van der Waals surface area contributed by atoms with Gasteiger partial charge in [0.2, 0.25) is 0 Å². The minimum absolute atomic E-state index is 0.373. The number of aromatic nitrogens is 3. The monoisotopic (exact) mass is 249 g/mol. The second-order valence-corrected chi connectivity index (χ2v) is 5.58. The molecule has 0 saturated carbocycles. The van der Waals surface area contributed by atoms with E-state index in [2.05, 4.69) is 20.4 Å². The lowest BCUT2D eigenvalue weighted by atomic mass is 9.95. The van der Waals surface area contributed by atoms with E-state index in [1.54, 1.807) is 6.33 Å². The fourth-order valence-electron chi connectivity index (χ4n) is 3.32. The number of rotatable bonds is 2. The Bertz CT molecular complexity index is 382. The lowest BCUT2D eigenvalue weighted by Gasteiger charge is -2.39. The molecule has 0 aliphatic carbocycles. The normalized spacial score (nSPS) is 30.5. The zero-order valence-electron chi connectivity index (χ0n) is 11.2. The maximum Gasteiger partial charge on any atom is 0.149 e. The molecular formula is C13H23N5. The zero-order chi connectivity index (χ0) is 12.4. The Morgan fingerprint density at radius 2 is 2.11 bits per heavy atom. The van der Waals surface area contributed by atoms with Crippen LogP contribution in [0, 0.1) is 0 Å². The van der Waals surface area contributed by atoms with Gasteiger partial charge in [0.15, 0.2) is 0 Å². The van der Waals surface area contributed by atoms with Crippen molar-refractivity contribution in [2.45, 2.75) is 44.2 Å². The predicted molar refractivity (Wildman–Crippen MR) is 70.2 cm³/mol. The van der Waals surface area contributed by atoms with Gasteiger partial charge in [0, 0.05) is 13.1 Å². The van der Waals surface area contributed by atoms with E-state index in [9.17, 15) is 0 Å². The summed E-state index contributed by atoms with van der Waals surface area (Å²) >= 11 is 0. The molecule has 2 saturated heterocycles. The molecule has 3 heterocycles. The topological polar surface area (TPSA) is 46.0 Å². The second-order valence-electron chi connectivity index (χ2n) is 5.58. The zero-order valence-corrected chi connectivity index (χ0v) is 11.2. The summed E-state index contributed by atoms with van der Waals surface area (Å²) in [5.74, 6) is 1.08. The molecule has 1 N–H and O–H groups in total. The van der Waals surface area contributed by atoms with Crippen molar-refractivity contribution >= 4 is 0 Å². The van der Waals surface area contributed by atoms with Gasteiger partial charge in [-0.25, -0.2) is 0 Å². The van der Waals surface area contributed by atoms with E-state index < -0.39 is 0 Å². The highest BCUT2D eigenvalue weighted by atomic mass is 15.3. The quantitative estimate of drug-likeness (QED) is 0.852. The molecule has 2 atom stereocenters. The highest BCUT2D eigenvalue weighted by molar-refractivity contribution is 4.99. The summed E-state index contributed by atoms with van der Waals surface area (Å²) in [6.45, 7) is 3.67. The van der Waals surface area contributed by atoms with Gasteiger partial charge in [-0.15, -0.1) is 10.2 Å². The van der Waals surface area contributed by atoms with Crippen LogP contribution < -0.4 is 5.32 Å². The van der Waals surface area contributed by atoms with Crippen molar-refractivity contribution < 1.29 is 0 Å². The van der Waals surface area contributed by atoms with Crippen LogP contribution in [0.2, 0.25) is 0 Å². The first-order chi connectivity index (χ1) is 8.84. The molecule has 2 unspecified atom stereocenters. The Kier molecular flexibility index (Phi) is 3.61. The standard InChI is InChI=1S/C13H23N5/c1-17-10-15-16-13(17)12-9-11(5-6-14-12)18-7-3-2-4-8-18/h10-12,14H,2-9H2,1H3. The molecule has 2 aliphatic rings. The van der Waals surface area contributed by atoms with Crippen LogP contribution in [0.3, 0.4) is 0 Å². The third-order valence-corrected chi connectivity index (χ3v) is 4.34. The van der Waals surface area contributed by atoms with Crippen molar-refractivity contribution in [2.75, 3.05) is 19.6 Å². The average Bonchev–Trinajstić information content (AvgIpc) is 2.86. The Labute approximate surface area is 109 Å². The first-order valence-electron chi connectivity index (χ1n) is 7.16. The molecule has 100 valence electrons. The van der Waals surface area contributed by atoms with Crippen LogP contribution in [0.4, 0.5) is 0 Å². The van der Waals surface area contributed by atoms with Gasteiger partial charge in [-0.3, -0.25) is 0 Å². The van der Waals surface area contributed by atoms with E-state index in [0.717, 1.165) is 18.4 Å². The molecule has 1 aromatic rings. The number of likely N-dealkylation sites (tertiary alicyclic amines) is 1. The third kappa shape index (κ3) is 2.42. The molecule has 0 radical (unpaired) electrons. The Hall–Kier alpha value is -0.940. The molecule has 0 spiro atoms. The van der Waals surface area contributed by atoms with Crippen molar-refractivity contribution in [1.29, 1.82) is 0 Å². The SMILES string of the molecule is Cn1cnnc1C1CC(N2CCCCC2)CCN1. The number of nitrogens with zero attached hydrogens (tertiary/aromatic N) is 4. The molecule has 1 aromatic heterocycles. The molecule has 0 bridgehead atoms. The Balaban J connectivity index is 1.66. The van der Waals surface area contributed by atoms with Crippen LogP contribution in [0.5, 0.6) is 0 Å². The number of hydrogen-bond donors (Lipinski definition) is 1. The van der Waals surface area contributed by atoms with E-state index in [1.165, 1.54) is 45.2 Å². The van der Waals surface area contributed by atoms with Crippen LogP contribution in [0.15, 0.2) is 6.33 Å². The van der Waals surface area contributed by atoms with E-state index in [4.69, 9.17) is 0 Å². The molecular weight excluding hydrogens is 226 g/mol. The summed E-state index contributed by atoms with van der Waals surface area (Å²) in [6, 6.07) is 1.10. The average molecular weight is 249 g/mol.